The lowest BCUT2D eigenvalue weighted by atomic mass is 10.1. The Bertz CT molecular complexity index is 850. The van der Waals surface area contributed by atoms with Crippen LogP contribution in [0.1, 0.15) is 30.4 Å². The molecule has 0 spiro atoms. The second-order valence-electron chi connectivity index (χ2n) is 7.15. The van der Waals surface area contributed by atoms with Crippen LogP contribution in [0.25, 0.3) is 0 Å². The largest absolute Gasteiger partial charge is 0.343 e. The fourth-order valence-electron chi connectivity index (χ4n) is 3.34. The highest BCUT2D eigenvalue weighted by Crippen LogP contribution is 2.21. The van der Waals surface area contributed by atoms with Gasteiger partial charge < -0.3 is 15.5 Å². The minimum Gasteiger partial charge on any atom is -0.343 e. The first-order valence-electron chi connectivity index (χ1n) is 9.87. The van der Waals surface area contributed by atoms with Gasteiger partial charge in [0.05, 0.1) is 0 Å². The highest BCUT2D eigenvalue weighted by Gasteiger charge is 2.17. The lowest BCUT2D eigenvalue weighted by Crippen LogP contribution is -2.30. The fourth-order valence-corrected chi connectivity index (χ4v) is 3.84. The summed E-state index contributed by atoms with van der Waals surface area (Å²) in [4.78, 5) is 26.1. The lowest BCUT2D eigenvalue weighted by Gasteiger charge is -2.15. The number of benzene rings is 2. The average molecular weight is 434 g/mol. The summed E-state index contributed by atoms with van der Waals surface area (Å²) in [6.45, 7) is 2.24. The molecule has 0 aromatic heterocycles. The van der Waals surface area contributed by atoms with Crippen LogP contribution in [0, 0.1) is 0 Å². The number of rotatable bonds is 7. The molecule has 0 radical (unpaired) electrons. The zero-order chi connectivity index (χ0) is 20.6. The number of urea groups is 1. The van der Waals surface area contributed by atoms with Crippen LogP contribution in [0.15, 0.2) is 42.5 Å². The van der Waals surface area contributed by atoms with E-state index in [0.717, 1.165) is 37.1 Å². The first-order chi connectivity index (χ1) is 14.0. The van der Waals surface area contributed by atoms with E-state index in [9.17, 15) is 9.59 Å². The Labute approximate surface area is 181 Å². The molecule has 0 bridgehead atoms. The third-order valence-electron chi connectivity index (χ3n) is 4.99. The van der Waals surface area contributed by atoms with Gasteiger partial charge in [-0.3, -0.25) is 4.79 Å². The maximum Gasteiger partial charge on any atom is 0.319 e. The highest BCUT2D eigenvalue weighted by molar-refractivity contribution is 6.35. The Morgan fingerprint density at radius 3 is 2.38 bits per heavy atom. The first kappa shape index (κ1) is 21.5. The third kappa shape index (κ3) is 6.65. The molecule has 5 nitrogen and oxygen atoms in total. The predicted octanol–water partition coefficient (Wildman–Crippen LogP) is 4.91. The average Bonchev–Trinajstić information content (AvgIpc) is 3.24. The summed E-state index contributed by atoms with van der Waals surface area (Å²) in [5.74, 6) is 0.227. The van der Waals surface area contributed by atoms with Crippen LogP contribution in [0.3, 0.4) is 0 Å². The maximum atomic E-state index is 12.1. The zero-order valence-corrected chi connectivity index (χ0v) is 17.7. The summed E-state index contributed by atoms with van der Waals surface area (Å²) in [7, 11) is 0. The molecule has 1 heterocycles. The van der Waals surface area contributed by atoms with E-state index in [0.29, 0.717) is 41.5 Å². The topological polar surface area (TPSA) is 61.4 Å². The van der Waals surface area contributed by atoms with Gasteiger partial charge >= 0.3 is 6.03 Å². The second-order valence-corrected chi connectivity index (χ2v) is 8.00. The Hall–Kier alpha value is -2.24. The van der Waals surface area contributed by atoms with Crippen LogP contribution in [-0.2, 0) is 17.6 Å². The second kappa shape index (κ2) is 10.5. The van der Waals surface area contributed by atoms with E-state index in [1.54, 1.807) is 12.1 Å². The predicted molar refractivity (Wildman–Crippen MR) is 118 cm³/mol. The maximum absolute atomic E-state index is 12.1. The number of aryl methyl sites for hydroxylation is 1. The van der Waals surface area contributed by atoms with Crippen LogP contribution < -0.4 is 10.6 Å². The van der Waals surface area contributed by atoms with E-state index in [4.69, 9.17) is 23.2 Å². The standard InChI is InChI=1S/C22H25Cl2N3O2/c23-18-7-6-17(20(24)15-18)11-12-25-22(29)26-19-8-3-16(4-9-19)5-10-21(28)27-13-1-2-14-27/h3-4,6-9,15H,1-2,5,10-14H2,(H2,25,26,29). The van der Waals surface area contributed by atoms with Crippen molar-refractivity contribution in [3.63, 3.8) is 0 Å². The Morgan fingerprint density at radius 1 is 0.966 bits per heavy atom. The van der Waals surface area contributed by atoms with Crippen LogP contribution >= 0.6 is 23.2 Å². The minimum absolute atomic E-state index is 0.227. The molecule has 3 amide bonds. The van der Waals surface area contributed by atoms with E-state index < -0.39 is 0 Å². The van der Waals surface area contributed by atoms with Crippen LogP contribution in [0.5, 0.6) is 0 Å². The normalized spacial score (nSPS) is 13.4. The van der Waals surface area contributed by atoms with Gasteiger partial charge in [0.1, 0.15) is 0 Å². The Balaban J connectivity index is 1.39. The SMILES string of the molecule is O=C(NCCc1ccc(Cl)cc1Cl)Nc1ccc(CCC(=O)N2CCCC2)cc1. The Kier molecular flexibility index (Phi) is 7.78. The number of carbonyl (C=O) groups is 2. The number of nitrogens with one attached hydrogen (secondary N) is 2. The summed E-state index contributed by atoms with van der Waals surface area (Å²) in [5.41, 5.74) is 2.73. The van der Waals surface area contributed by atoms with Gasteiger partial charge in [0.25, 0.3) is 0 Å². The molecule has 0 unspecified atom stereocenters. The van der Waals surface area contributed by atoms with Gasteiger partial charge in [-0.25, -0.2) is 4.79 Å². The van der Waals surface area contributed by atoms with Crippen LogP contribution in [0.4, 0.5) is 10.5 Å². The molecule has 1 fully saturated rings. The number of nitrogens with zero attached hydrogens (tertiary/aromatic N) is 1. The number of likely N-dealkylation sites (tertiary alicyclic amines) is 1. The molecule has 3 rings (SSSR count). The van der Waals surface area contributed by atoms with Crippen molar-refractivity contribution in [1.82, 2.24) is 10.2 Å². The van der Waals surface area contributed by atoms with Crippen molar-refractivity contribution < 1.29 is 9.59 Å². The number of amides is 3. The fraction of sp³-hybridized carbons (Fsp3) is 0.364. The molecule has 2 N–H and O–H groups in total. The van der Waals surface area contributed by atoms with Gasteiger partial charge in [-0.2, -0.15) is 0 Å². The number of hydrogen-bond donors (Lipinski definition) is 2. The van der Waals surface area contributed by atoms with Gasteiger partial charge in [0, 0.05) is 41.8 Å². The molecule has 0 saturated carbocycles. The zero-order valence-electron chi connectivity index (χ0n) is 16.2. The molecule has 2 aromatic rings. The van der Waals surface area contributed by atoms with Crippen molar-refractivity contribution in [3.8, 4) is 0 Å². The smallest absolute Gasteiger partial charge is 0.319 e. The number of carbonyl (C=O) groups excluding carboxylic acids is 2. The molecule has 0 atom stereocenters. The van der Waals surface area contributed by atoms with E-state index in [1.807, 2.05) is 35.2 Å². The molecule has 0 aliphatic carbocycles. The minimum atomic E-state index is -0.271. The van der Waals surface area contributed by atoms with E-state index in [2.05, 4.69) is 10.6 Å². The quantitative estimate of drug-likeness (QED) is 0.651. The molecule has 1 aliphatic heterocycles. The van der Waals surface area contributed by atoms with E-state index in [1.165, 1.54) is 0 Å². The van der Waals surface area contributed by atoms with Gasteiger partial charge in [-0.15, -0.1) is 0 Å². The third-order valence-corrected chi connectivity index (χ3v) is 5.58. The number of halogens is 2. The van der Waals surface area contributed by atoms with Crippen molar-refractivity contribution in [2.75, 3.05) is 25.0 Å². The van der Waals surface area contributed by atoms with Gasteiger partial charge in [0.2, 0.25) is 5.91 Å². The molecule has 1 saturated heterocycles. The number of hydrogen-bond acceptors (Lipinski definition) is 2. The molecular weight excluding hydrogens is 409 g/mol. The summed E-state index contributed by atoms with van der Waals surface area (Å²) in [5, 5.41) is 6.81. The van der Waals surface area contributed by atoms with Crippen molar-refractivity contribution in [2.24, 2.45) is 0 Å². The molecular formula is C22H25Cl2N3O2. The van der Waals surface area contributed by atoms with Gasteiger partial charge in [-0.1, -0.05) is 41.4 Å². The van der Waals surface area contributed by atoms with Crippen molar-refractivity contribution in [1.29, 1.82) is 0 Å². The van der Waals surface area contributed by atoms with Crippen molar-refractivity contribution in [2.45, 2.75) is 32.1 Å². The summed E-state index contributed by atoms with van der Waals surface area (Å²) >= 11 is 12.0. The van der Waals surface area contributed by atoms with Gasteiger partial charge in [0.15, 0.2) is 0 Å². The molecule has 1 aliphatic rings. The van der Waals surface area contributed by atoms with Crippen molar-refractivity contribution in [3.05, 3.63) is 63.6 Å². The summed E-state index contributed by atoms with van der Waals surface area (Å²) < 4.78 is 0. The van der Waals surface area contributed by atoms with Crippen molar-refractivity contribution >= 4 is 40.8 Å². The highest BCUT2D eigenvalue weighted by atomic mass is 35.5. The lowest BCUT2D eigenvalue weighted by molar-refractivity contribution is -0.130. The number of anilines is 1. The molecule has 154 valence electrons. The van der Waals surface area contributed by atoms with Gasteiger partial charge in [-0.05, 0) is 61.1 Å². The summed E-state index contributed by atoms with van der Waals surface area (Å²) in [6.07, 6.45) is 4.08. The molecule has 2 aromatic carbocycles. The first-order valence-corrected chi connectivity index (χ1v) is 10.6. The van der Waals surface area contributed by atoms with Crippen LogP contribution in [0.2, 0.25) is 10.0 Å². The summed E-state index contributed by atoms with van der Waals surface area (Å²) in [6, 6.07) is 12.7. The monoisotopic (exact) mass is 433 g/mol. The molecule has 29 heavy (non-hydrogen) atoms. The Morgan fingerprint density at radius 2 is 1.69 bits per heavy atom. The van der Waals surface area contributed by atoms with E-state index in [-0.39, 0.29) is 11.9 Å². The van der Waals surface area contributed by atoms with Crippen LogP contribution in [-0.4, -0.2) is 36.5 Å². The van der Waals surface area contributed by atoms with E-state index >= 15 is 0 Å². The molecule has 7 heteroatoms.